The molecule has 3 nitrogen and oxygen atoms in total. The van der Waals surface area contributed by atoms with Crippen molar-refractivity contribution >= 4 is 21.8 Å². The molecule has 2 heterocycles. The summed E-state index contributed by atoms with van der Waals surface area (Å²) in [7, 11) is 0. The van der Waals surface area contributed by atoms with Crippen LogP contribution in [-0.2, 0) is 5.41 Å². The zero-order chi connectivity index (χ0) is 30.8. The number of allylic oxidation sites excluding steroid dienone is 4. The maximum Gasteiger partial charge on any atom is 0.160 e. The minimum Gasteiger partial charge on any atom is -0.309 e. The Kier molecular flexibility index (Phi) is 5.98. The molecule has 2 unspecified atom stereocenters. The van der Waals surface area contributed by atoms with Gasteiger partial charge in [0.15, 0.2) is 5.82 Å². The maximum absolute atomic E-state index is 5.07. The smallest absolute Gasteiger partial charge is 0.160 e. The van der Waals surface area contributed by atoms with Crippen LogP contribution < -0.4 is 0 Å². The molecule has 3 heteroatoms. The lowest BCUT2D eigenvalue weighted by Crippen LogP contribution is -2.25. The Hall–Kier alpha value is -5.54. The number of aromatic nitrogens is 3. The zero-order valence-corrected chi connectivity index (χ0v) is 25.9. The Bertz CT molecular complexity index is 2270. The van der Waals surface area contributed by atoms with Gasteiger partial charge in [0.25, 0.3) is 0 Å². The SMILES string of the molecule is CC1(C)c2c(ccc3c4ccccc4n(-c4ccc(-c5nc(-c6ccccc6)cc(-c6ccccc6)n5)cc4)c23)C2C=CC=CC21. The van der Waals surface area contributed by atoms with Gasteiger partial charge in [0.2, 0.25) is 0 Å². The molecule has 2 atom stereocenters. The molecule has 0 spiro atoms. The predicted molar refractivity (Wildman–Crippen MR) is 190 cm³/mol. The monoisotopic (exact) mass is 591 g/mol. The molecule has 0 fully saturated rings. The highest BCUT2D eigenvalue weighted by atomic mass is 15.0. The van der Waals surface area contributed by atoms with Gasteiger partial charge in [0, 0.05) is 39.1 Å². The molecule has 2 aliphatic rings. The van der Waals surface area contributed by atoms with Gasteiger partial charge < -0.3 is 4.57 Å². The molecule has 0 amide bonds. The van der Waals surface area contributed by atoms with Crippen molar-refractivity contribution in [2.45, 2.75) is 25.2 Å². The molecule has 2 aliphatic carbocycles. The van der Waals surface area contributed by atoms with Crippen LogP contribution in [0.5, 0.6) is 0 Å². The van der Waals surface area contributed by atoms with E-state index >= 15 is 0 Å². The van der Waals surface area contributed by atoms with Crippen LogP contribution in [0.1, 0.15) is 30.9 Å². The minimum atomic E-state index is -0.00755. The van der Waals surface area contributed by atoms with Gasteiger partial charge in [-0.05, 0) is 58.9 Å². The highest BCUT2D eigenvalue weighted by molar-refractivity contribution is 6.11. The topological polar surface area (TPSA) is 30.7 Å². The van der Waals surface area contributed by atoms with Crippen LogP contribution in [0.3, 0.4) is 0 Å². The Morgan fingerprint density at radius 1 is 0.587 bits per heavy atom. The van der Waals surface area contributed by atoms with Crippen molar-refractivity contribution in [3.05, 3.63) is 163 Å². The normalized spacial score (nSPS) is 17.8. The van der Waals surface area contributed by atoms with Gasteiger partial charge in [-0.25, -0.2) is 9.97 Å². The Morgan fingerprint density at radius 2 is 1.22 bits per heavy atom. The van der Waals surface area contributed by atoms with E-state index in [1.807, 2.05) is 12.1 Å². The van der Waals surface area contributed by atoms with Crippen molar-refractivity contribution in [1.29, 1.82) is 0 Å². The van der Waals surface area contributed by atoms with E-state index in [0.29, 0.717) is 11.8 Å². The molecule has 9 rings (SSSR count). The highest BCUT2D eigenvalue weighted by Gasteiger charge is 2.46. The standard InChI is InChI=1S/C43H33N3/c1-43(2)36-19-11-9-17-32(36)34-25-26-35-33-18-10-12-20-39(33)46(41(35)40(34)43)31-23-21-30(22-24-31)42-44-37(28-13-5-3-6-14-28)27-38(45-42)29-15-7-4-8-16-29/h3-27,32,36H,1-2H3. The molecule has 7 aromatic rings. The highest BCUT2D eigenvalue weighted by Crippen LogP contribution is 2.56. The van der Waals surface area contributed by atoms with E-state index in [9.17, 15) is 0 Å². The van der Waals surface area contributed by atoms with Crippen LogP contribution in [0.2, 0.25) is 0 Å². The lowest BCUT2D eigenvalue weighted by atomic mass is 9.74. The summed E-state index contributed by atoms with van der Waals surface area (Å²) in [4.78, 5) is 10.1. The average Bonchev–Trinajstić information content (AvgIpc) is 3.57. The number of hydrogen-bond donors (Lipinski definition) is 0. The summed E-state index contributed by atoms with van der Waals surface area (Å²) in [5.41, 5.74) is 11.6. The van der Waals surface area contributed by atoms with E-state index in [-0.39, 0.29) is 5.41 Å². The number of fused-ring (bicyclic) bond motifs is 7. The molecule has 0 saturated heterocycles. The fraction of sp³-hybridized carbons (Fsp3) is 0.116. The molecule has 0 N–H and O–H groups in total. The average molecular weight is 592 g/mol. The summed E-state index contributed by atoms with van der Waals surface area (Å²) in [6, 6.07) is 45.2. The van der Waals surface area contributed by atoms with E-state index in [0.717, 1.165) is 39.6 Å². The van der Waals surface area contributed by atoms with Gasteiger partial charge in [-0.2, -0.15) is 0 Å². The van der Waals surface area contributed by atoms with E-state index in [1.54, 1.807) is 0 Å². The van der Waals surface area contributed by atoms with Crippen LogP contribution >= 0.6 is 0 Å². The second kappa shape index (κ2) is 10.3. The summed E-state index contributed by atoms with van der Waals surface area (Å²) in [5, 5.41) is 2.59. The molecular formula is C43H33N3. The van der Waals surface area contributed by atoms with Crippen molar-refractivity contribution in [2.75, 3.05) is 0 Å². The van der Waals surface area contributed by atoms with Gasteiger partial charge >= 0.3 is 0 Å². The number of para-hydroxylation sites is 1. The first-order chi connectivity index (χ1) is 22.6. The van der Waals surface area contributed by atoms with Crippen molar-refractivity contribution < 1.29 is 0 Å². The van der Waals surface area contributed by atoms with Gasteiger partial charge in [0.05, 0.1) is 22.4 Å². The van der Waals surface area contributed by atoms with Crippen LogP contribution in [0.25, 0.3) is 61.4 Å². The molecule has 0 radical (unpaired) electrons. The third kappa shape index (κ3) is 4.05. The minimum absolute atomic E-state index is 0.00755. The maximum atomic E-state index is 5.07. The number of benzene rings is 5. The second-order valence-corrected chi connectivity index (χ2v) is 13.1. The fourth-order valence-electron chi connectivity index (χ4n) is 7.91. The summed E-state index contributed by atoms with van der Waals surface area (Å²) < 4.78 is 2.48. The van der Waals surface area contributed by atoms with Gasteiger partial charge in [-0.3, -0.25) is 0 Å². The molecule has 46 heavy (non-hydrogen) atoms. The van der Waals surface area contributed by atoms with Crippen molar-refractivity contribution in [2.24, 2.45) is 5.92 Å². The number of hydrogen-bond acceptors (Lipinski definition) is 2. The Labute approximate surface area is 269 Å². The Balaban J connectivity index is 1.23. The molecule has 2 aromatic heterocycles. The molecule has 220 valence electrons. The number of rotatable bonds is 4. The fourth-order valence-corrected chi connectivity index (χ4v) is 7.91. The first kappa shape index (κ1) is 26.8. The van der Waals surface area contributed by atoms with Gasteiger partial charge in [-0.1, -0.05) is 129 Å². The van der Waals surface area contributed by atoms with Gasteiger partial charge in [0.1, 0.15) is 0 Å². The first-order valence-electron chi connectivity index (χ1n) is 16.1. The van der Waals surface area contributed by atoms with Gasteiger partial charge in [-0.15, -0.1) is 0 Å². The Morgan fingerprint density at radius 3 is 1.91 bits per heavy atom. The van der Waals surface area contributed by atoms with E-state index in [4.69, 9.17) is 9.97 Å². The van der Waals surface area contributed by atoms with Crippen molar-refractivity contribution in [3.63, 3.8) is 0 Å². The lowest BCUT2D eigenvalue weighted by molar-refractivity contribution is 0.396. The third-order valence-electron chi connectivity index (χ3n) is 10.1. The first-order valence-corrected chi connectivity index (χ1v) is 16.1. The van der Waals surface area contributed by atoms with Crippen LogP contribution in [0.15, 0.2) is 152 Å². The molecule has 0 aliphatic heterocycles. The summed E-state index contributed by atoms with van der Waals surface area (Å²) in [5.74, 6) is 1.57. The molecule has 0 bridgehead atoms. The summed E-state index contributed by atoms with van der Waals surface area (Å²) >= 11 is 0. The summed E-state index contributed by atoms with van der Waals surface area (Å²) in [6.07, 6.45) is 9.23. The third-order valence-corrected chi connectivity index (χ3v) is 10.1. The van der Waals surface area contributed by atoms with Crippen molar-refractivity contribution in [3.8, 4) is 39.6 Å². The number of nitrogens with zero attached hydrogens (tertiary/aromatic N) is 3. The van der Waals surface area contributed by atoms with Crippen LogP contribution in [0, 0.1) is 5.92 Å². The molecule has 5 aromatic carbocycles. The lowest BCUT2D eigenvalue weighted by Gasteiger charge is -2.30. The van der Waals surface area contributed by atoms with Crippen LogP contribution in [0.4, 0.5) is 0 Å². The van der Waals surface area contributed by atoms with E-state index < -0.39 is 0 Å². The zero-order valence-electron chi connectivity index (χ0n) is 25.9. The van der Waals surface area contributed by atoms with Crippen molar-refractivity contribution in [1.82, 2.24) is 14.5 Å². The second-order valence-electron chi connectivity index (χ2n) is 13.1. The quantitative estimate of drug-likeness (QED) is 0.204. The van der Waals surface area contributed by atoms with E-state index in [2.05, 4.69) is 158 Å². The largest absolute Gasteiger partial charge is 0.309 e. The molecule has 0 saturated carbocycles. The predicted octanol–water partition coefficient (Wildman–Crippen LogP) is 10.7. The van der Waals surface area contributed by atoms with Crippen LogP contribution in [-0.4, -0.2) is 14.5 Å². The van der Waals surface area contributed by atoms with E-state index in [1.165, 1.54) is 32.9 Å². The molecular weight excluding hydrogens is 558 g/mol. The summed E-state index contributed by atoms with van der Waals surface area (Å²) in [6.45, 7) is 4.85.